The number of rotatable bonds is 5. The molecule has 2 heterocycles. The Morgan fingerprint density at radius 2 is 2.26 bits per heavy atom. The predicted molar refractivity (Wildman–Crippen MR) is 70.7 cm³/mol. The monoisotopic (exact) mass is 269 g/mol. The molecule has 0 bridgehead atoms. The van der Waals surface area contributed by atoms with Crippen LogP contribution in [-0.4, -0.2) is 73.4 Å². The van der Waals surface area contributed by atoms with Gasteiger partial charge in [0, 0.05) is 39.2 Å². The molecule has 2 rings (SSSR count). The van der Waals surface area contributed by atoms with Crippen LogP contribution < -0.4 is 5.73 Å². The first-order chi connectivity index (χ1) is 9.10. The van der Waals surface area contributed by atoms with Gasteiger partial charge in [0.2, 0.25) is 5.89 Å². The van der Waals surface area contributed by atoms with E-state index in [1.54, 1.807) is 7.11 Å². The van der Waals surface area contributed by atoms with E-state index in [1.165, 1.54) is 0 Å². The normalized spacial score (nSPS) is 23.7. The largest absolute Gasteiger partial charge is 0.383 e. The van der Waals surface area contributed by atoms with Gasteiger partial charge in [-0.05, 0) is 14.1 Å². The second-order valence-corrected chi connectivity index (χ2v) is 5.21. The van der Waals surface area contributed by atoms with Gasteiger partial charge in [-0.15, -0.1) is 0 Å². The minimum Gasteiger partial charge on any atom is -0.383 e. The summed E-state index contributed by atoms with van der Waals surface area (Å²) in [7, 11) is 5.87. The van der Waals surface area contributed by atoms with Crippen molar-refractivity contribution in [2.75, 3.05) is 47.4 Å². The van der Waals surface area contributed by atoms with Gasteiger partial charge < -0.3 is 24.8 Å². The Hall–Kier alpha value is -1.02. The quantitative estimate of drug-likeness (QED) is 0.772. The van der Waals surface area contributed by atoms with Gasteiger partial charge in [-0.25, -0.2) is 0 Å². The average molecular weight is 269 g/mol. The molecule has 1 aliphatic rings. The fraction of sp³-hybridized carbons (Fsp3) is 0.833. The summed E-state index contributed by atoms with van der Waals surface area (Å²) in [5.41, 5.74) is 5.86. The second-order valence-electron chi connectivity index (χ2n) is 5.21. The maximum Gasteiger partial charge on any atom is 0.245 e. The van der Waals surface area contributed by atoms with Crippen LogP contribution in [-0.2, 0) is 11.2 Å². The number of ether oxygens (including phenoxy) is 1. The SMILES string of the molecule is COCC(N)c1nc(CC2CN(C)CCN2C)no1. The highest BCUT2D eigenvalue weighted by Crippen LogP contribution is 2.13. The Labute approximate surface area is 113 Å². The topological polar surface area (TPSA) is 80.7 Å². The summed E-state index contributed by atoms with van der Waals surface area (Å²) in [6, 6.07) is 0.0702. The highest BCUT2D eigenvalue weighted by atomic mass is 16.5. The first-order valence-corrected chi connectivity index (χ1v) is 6.56. The summed E-state index contributed by atoms with van der Waals surface area (Å²) in [5.74, 6) is 1.16. The van der Waals surface area contributed by atoms with Crippen molar-refractivity contribution in [3.8, 4) is 0 Å². The smallest absolute Gasteiger partial charge is 0.245 e. The summed E-state index contributed by atoms with van der Waals surface area (Å²) < 4.78 is 10.2. The Morgan fingerprint density at radius 1 is 1.47 bits per heavy atom. The van der Waals surface area contributed by atoms with Crippen molar-refractivity contribution in [2.24, 2.45) is 5.73 Å². The molecule has 0 spiro atoms. The number of nitrogens with zero attached hydrogens (tertiary/aromatic N) is 4. The van der Waals surface area contributed by atoms with Gasteiger partial charge in [0.1, 0.15) is 6.04 Å². The van der Waals surface area contributed by atoms with Crippen LogP contribution >= 0.6 is 0 Å². The van der Waals surface area contributed by atoms with E-state index in [2.05, 4.69) is 34.0 Å². The van der Waals surface area contributed by atoms with Crippen molar-refractivity contribution in [3.05, 3.63) is 11.7 Å². The molecule has 2 unspecified atom stereocenters. The second kappa shape index (κ2) is 6.42. The van der Waals surface area contributed by atoms with Crippen LogP contribution in [0.5, 0.6) is 0 Å². The molecule has 1 aromatic heterocycles. The highest BCUT2D eigenvalue weighted by molar-refractivity contribution is 4.95. The lowest BCUT2D eigenvalue weighted by Gasteiger charge is -2.37. The zero-order chi connectivity index (χ0) is 13.8. The van der Waals surface area contributed by atoms with E-state index in [0.29, 0.717) is 24.4 Å². The summed E-state index contributed by atoms with van der Waals surface area (Å²) in [6.45, 7) is 3.57. The number of likely N-dealkylation sites (N-methyl/N-ethyl adjacent to an activating group) is 2. The Morgan fingerprint density at radius 3 is 3.00 bits per heavy atom. The van der Waals surface area contributed by atoms with E-state index < -0.39 is 0 Å². The number of piperazine rings is 1. The molecular formula is C12H23N5O2. The lowest BCUT2D eigenvalue weighted by Crippen LogP contribution is -2.50. The summed E-state index contributed by atoms with van der Waals surface area (Å²) in [6.07, 6.45) is 0.782. The first-order valence-electron chi connectivity index (χ1n) is 6.56. The van der Waals surface area contributed by atoms with E-state index in [0.717, 1.165) is 26.1 Å². The molecule has 7 heteroatoms. The van der Waals surface area contributed by atoms with Gasteiger partial charge in [0.15, 0.2) is 5.82 Å². The molecule has 1 saturated heterocycles. The van der Waals surface area contributed by atoms with Crippen LogP contribution in [0.3, 0.4) is 0 Å². The van der Waals surface area contributed by atoms with Crippen LogP contribution in [0.4, 0.5) is 0 Å². The number of nitrogens with two attached hydrogens (primary N) is 1. The third kappa shape index (κ3) is 3.73. The van der Waals surface area contributed by atoms with Crippen LogP contribution in [0.2, 0.25) is 0 Å². The predicted octanol–water partition coefficient (Wildman–Crippen LogP) is -0.496. The number of hydrogen-bond acceptors (Lipinski definition) is 7. The van der Waals surface area contributed by atoms with Crippen molar-refractivity contribution in [1.82, 2.24) is 19.9 Å². The molecule has 2 N–H and O–H groups in total. The molecule has 108 valence electrons. The molecule has 0 radical (unpaired) electrons. The summed E-state index contributed by atoms with van der Waals surface area (Å²) in [5, 5.41) is 4.01. The number of methoxy groups -OCH3 is 1. The summed E-state index contributed by atoms with van der Waals surface area (Å²) in [4.78, 5) is 9.01. The van der Waals surface area contributed by atoms with Crippen molar-refractivity contribution in [2.45, 2.75) is 18.5 Å². The molecule has 1 aliphatic heterocycles. The minimum absolute atomic E-state index is 0.349. The maximum atomic E-state index is 5.86. The van der Waals surface area contributed by atoms with E-state index in [1.807, 2.05) is 0 Å². The van der Waals surface area contributed by atoms with E-state index in [-0.39, 0.29) is 6.04 Å². The minimum atomic E-state index is -0.349. The molecule has 0 saturated carbocycles. The zero-order valence-corrected chi connectivity index (χ0v) is 11.9. The Balaban J connectivity index is 1.95. The molecule has 0 amide bonds. The number of aromatic nitrogens is 2. The Bertz CT molecular complexity index is 397. The van der Waals surface area contributed by atoms with Crippen molar-refractivity contribution in [3.63, 3.8) is 0 Å². The van der Waals surface area contributed by atoms with Crippen LogP contribution in [0.1, 0.15) is 17.8 Å². The average Bonchev–Trinajstić information content (AvgIpc) is 2.83. The van der Waals surface area contributed by atoms with Gasteiger partial charge in [-0.1, -0.05) is 5.16 Å². The molecular weight excluding hydrogens is 246 g/mol. The summed E-state index contributed by atoms with van der Waals surface area (Å²) >= 11 is 0. The highest BCUT2D eigenvalue weighted by Gasteiger charge is 2.24. The molecule has 0 aliphatic carbocycles. The third-order valence-corrected chi connectivity index (χ3v) is 3.55. The molecule has 7 nitrogen and oxygen atoms in total. The van der Waals surface area contributed by atoms with Gasteiger partial charge in [0.05, 0.1) is 6.61 Å². The van der Waals surface area contributed by atoms with Crippen LogP contribution in [0.25, 0.3) is 0 Å². The van der Waals surface area contributed by atoms with Crippen molar-refractivity contribution < 1.29 is 9.26 Å². The molecule has 19 heavy (non-hydrogen) atoms. The van der Waals surface area contributed by atoms with E-state index >= 15 is 0 Å². The van der Waals surface area contributed by atoms with Crippen LogP contribution in [0.15, 0.2) is 4.52 Å². The fourth-order valence-corrected chi connectivity index (χ4v) is 2.28. The molecule has 2 atom stereocenters. The third-order valence-electron chi connectivity index (χ3n) is 3.55. The van der Waals surface area contributed by atoms with E-state index in [9.17, 15) is 0 Å². The lowest BCUT2D eigenvalue weighted by atomic mass is 10.1. The number of hydrogen-bond donors (Lipinski definition) is 1. The fourth-order valence-electron chi connectivity index (χ4n) is 2.28. The van der Waals surface area contributed by atoms with E-state index in [4.69, 9.17) is 15.0 Å². The van der Waals surface area contributed by atoms with Crippen molar-refractivity contribution >= 4 is 0 Å². The maximum absolute atomic E-state index is 5.86. The standard InChI is InChI=1S/C12H23N5O2/c1-16-4-5-17(2)9(7-16)6-11-14-12(19-15-11)10(13)8-18-3/h9-10H,4-8,13H2,1-3H3. The van der Waals surface area contributed by atoms with Crippen molar-refractivity contribution in [1.29, 1.82) is 0 Å². The molecule has 1 fully saturated rings. The zero-order valence-electron chi connectivity index (χ0n) is 11.9. The Kier molecular flexibility index (Phi) is 4.87. The van der Waals surface area contributed by atoms with Gasteiger partial charge in [-0.2, -0.15) is 4.98 Å². The molecule has 1 aromatic rings. The van der Waals surface area contributed by atoms with Gasteiger partial charge in [0.25, 0.3) is 0 Å². The van der Waals surface area contributed by atoms with Gasteiger partial charge >= 0.3 is 0 Å². The first kappa shape index (κ1) is 14.4. The van der Waals surface area contributed by atoms with Crippen LogP contribution in [0, 0.1) is 0 Å². The van der Waals surface area contributed by atoms with Gasteiger partial charge in [-0.3, -0.25) is 0 Å². The lowest BCUT2D eigenvalue weighted by molar-refractivity contribution is 0.113. The molecule has 0 aromatic carbocycles.